The van der Waals surface area contributed by atoms with Gasteiger partial charge in [-0.3, -0.25) is 4.79 Å². The number of carbonyl (C=O) groups is 1. The molecular weight excluding hydrogens is 310 g/mol. The molecule has 0 aliphatic rings. The van der Waals surface area contributed by atoms with Crippen molar-refractivity contribution in [1.82, 2.24) is 5.32 Å². The lowest BCUT2D eigenvalue weighted by Gasteiger charge is -2.11. The van der Waals surface area contributed by atoms with Crippen LogP contribution >= 0.6 is 15.9 Å². The maximum absolute atomic E-state index is 12.1. The molecule has 1 N–H and O–H groups in total. The van der Waals surface area contributed by atoms with Crippen LogP contribution in [0.3, 0.4) is 0 Å². The minimum atomic E-state index is -0.214. The van der Waals surface area contributed by atoms with Gasteiger partial charge in [-0.1, -0.05) is 15.9 Å². The molecule has 4 nitrogen and oxygen atoms in total. The van der Waals surface area contributed by atoms with Gasteiger partial charge in [0.05, 0.1) is 6.61 Å². The predicted molar refractivity (Wildman–Crippen MR) is 77.5 cm³/mol. The molecule has 1 unspecified atom stereocenters. The van der Waals surface area contributed by atoms with Crippen LogP contribution in [0, 0.1) is 6.92 Å². The van der Waals surface area contributed by atoms with E-state index < -0.39 is 0 Å². The lowest BCUT2D eigenvalue weighted by molar-refractivity contribution is 0.0879. The normalized spacial score (nSPS) is 12.6. The van der Waals surface area contributed by atoms with Gasteiger partial charge in [0.15, 0.2) is 5.76 Å². The molecule has 0 fully saturated rings. The summed E-state index contributed by atoms with van der Waals surface area (Å²) in [5.41, 5.74) is 1.56. The number of aryl methyl sites for hydroxylation is 1. The zero-order chi connectivity index (χ0) is 14.0. The summed E-state index contributed by atoms with van der Waals surface area (Å²) in [5, 5.41) is 3.79. The summed E-state index contributed by atoms with van der Waals surface area (Å²) in [6.45, 7) is 4.24. The third-order valence-electron chi connectivity index (χ3n) is 2.90. The molecule has 0 bridgehead atoms. The maximum atomic E-state index is 12.1. The molecule has 5 heteroatoms. The van der Waals surface area contributed by atoms with Crippen LogP contribution in [0.4, 0.5) is 0 Å². The van der Waals surface area contributed by atoms with Crippen LogP contribution in [0.15, 0.2) is 27.1 Å². The Morgan fingerprint density at radius 3 is 2.95 bits per heavy atom. The first-order valence-electron chi connectivity index (χ1n) is 6.01. The Hall–Kier alpha value is -1.33. The molecule has 0 saturated carbocycles. The molecule has 0 saturated heterocycles. The van der Waals surface area contributed by atoms with Gasteiger partial charge in [0, 0.05) is 28.6 Å². The van der Waals surface area contributed by atoms with E-state index in [0.717, 1.165) is 15.4 Å². The van der Waals surface area contributed by atoms with Crippen molar-refractivity contribution < 1.29 is 13.9 Å². The highest BCUT2D eigenvalue weighted by Crippen LogP contribution is 2.27. The Balaban J connectivity index is 2.30. The van der Waals surface area contributed by atoms with E-state index in [9.17, 15) is 4.79 Å². The number of carbonyl (C=O) groups excluding carboxylic acids is 1. The molecule has 1 atom stereocenters. The number of benzene rings is 1. The van der Waals surface area contributed by atoms with Gasteiger partial charge in [0.1, 0.15) is 5.58 Å². The molecule has 1 aromatic carbocycles. The summed E-state index contributed by atoms with van der Waals surface area (Å²) in [6, 6.07) is 5.63. The quantitative estimate of drug-likeness (QED) is 0.938. The van der Waals surface area contributed by atoms with Gasteiger partial charge in [-0.05, 0) is 32.0 Å². The Labute approximate surface area is 120 Å². The number of hydrogen-bond donors (Lipinski definition) is 1. The van der Waals surface area contributed by atoms with Crippen LogP contribution in [-0.4, -0.2) is 25.7 Å². The van der Waals surface area contributed by atoms with Crippen LogP contribution in [0.1, 0.15) is 23.0 Å². The largest absolute Gasteiger partial charge is 0.451 e. The van der Waals surface area contributed by atoms with E-state index in [1.165, 1.54) is 0 Å². The fourth-order valence-electron chi connectivity index (χ4n) is 1.99. The number of nitrogens with one attached hydrogen (secondary N) is 1. The van der Waals surface area contributed by atoms with E-state index in [1.807, 2.05) is 32.0 Å². The molecule has 0 radical (unpaired) electrons. The summed E-state index contributed by atoms with van der Waals surface area (Å²) in [6.07, 6.45) is 0. The number of amides is 1. The molecule has 1 amide bonds. The number of methoxy groups -OCH3 is 1. The van der Waals surface area contributed by atoms with Gasteiger partial charge >= 0.3 is 0 Å². The lowest BCUT2D eigenvalue weighted by atomic mass is 10.1. The number of rotatable bonds is 4. The van der Waals surface area contributed by atoms with E-state index in [-0.39, 0.29) is 11.9 Å². The predicted octanol–water partition coefficient (Wildman–Crippen LogP) is 3.27. The van der Waals surface area contributed by atoms with Gasteiger partial charge in [0.2, 0.25) is 0 Å². The summed E-state index contributed by atoms with van der Waals surface area (Å²) < 4.78 is 11.6. The first kappa shape index (κ1) is 14.1. The van der Waals surface area contributed by atoms with Gasteiger partial charge in [-0.15, -0.1) is 0 Å². The van der Waals surface area contributed by atoms with Crippen molar-refractivity contribution >= 4 is 32.8 Å². The van der Waals surface area contributed by atoms with Gasteiger partial charge in [-0.25, -0.2) is 0 Å². The average molecular weight is 326 g/mol. The van der Waals surface area contributed by atoms with Gasteiger partial charge < -0.3 is 14.5 Å². The molecule has 19 heavy (non-hydrogen) atoms. The standard InChI is InChI=1S/C14H16BrNO3/c1-8(7-18-3)16-14(17)13-9(2)11-6-10(15)4-5-12(11)19-13/h4-6,8H,7H2,1-3H3,(H,16,17). The van der Waals surface area contributed by atoms with E-state index in [1.54, 1.807) is 7.11 Å². The van der Waals surface area contributed by atoms with E-state index in [0.29, 0.717) is 18.0 Å². The molecule has 102 valence electrons. The number of hydrogen-bond acceptors (Lipinski definition) is 3. The first-order chi connectivity index (χ1) is 9.02. The zero-order valence-electron chi connectivity index (χ0n) is 11.1. The second kappa shape index (κ2) is 5.75. The molecule has 0 spiro atoms. The second-order valence-corrected chi connectivity index (χ2v) is 5.44. The van der Waals surface area contributed by atoms with Crippen LogP contribution in [-0.2, 0) is 4.74 Å². The fraction of sp³-hybridized carbons (Fsp3) is 0.357. The van der Waals surface area contributed by atoms with Crippen molar-refractivity contribution in [3.8, 4) is 0 Å². The highest BCUT2D eigenvalue weighted by Gasteiger charge is 2.19. The van der Waals surface area contributed by atoms with Crippen molar-refractivity contribution in [2.75, 3.05) is 13.7 Å². The Bertz CT molecular complexity index is 606. The van der Waals surface area contributed by atoms with Crippen molar-refractivity contribution in [2.24, 2.45) is 0 Å². The minimum Gasteiger partial charge on any atom is -0.451 e. The Kier molecular flexibility index (Phi) is 4.27. The van der Waals surface area contributed by atoms with Crippen LogP contribution in [0.25, 0.3) is 11.0 Å². The average Bonchev–Trinajstić information content (AvgIpc) is 2.67. The van der Waals surface area contributed by atoms with Crippen molar-refractivity contribution in [2.45, 2.75) is 19.9 Å². The highest BCUT2D eigenvalue weighted by atomic mass is 79.9. The molecule has 0 aliphatic heterocycles. The van der Waals surface area contributed by atoms with Crippen LogP contribution in [0.5, 0.6) is 0 Å². The molecule has 0 aliphatic carbocycles. The fourth-order valence-corrected chi connectivity index (χ4v) is 2.35. The Morgan fingerprint density at radius 1 is 1.53 bits per heavy atom. The number of fused-ring (bicyclic) bond motifs is 1. The zero-order valence-corrected chi connectivity index (χ0v) is 12.7. The molecular formula is C14H16BrNO3. The van der Waals surface area contributed by atoms with Crippen LogP contribution < -0.4 is 5.32 Å². The number of halogens is 1. The summed E-state index contributed by atoms with van der Waals surface area (Å²) >= 11 is 3.41. The van der Waals surface area contributed by atoms with Crippen molar-refractivity contribution in [3.63, 3.8) is 0 Å². The highest BCUT2D eigenvalue weighted by molar-refractivity contribution is 9.10. The smallest absolute Gasteiger partial charge is 0.287 e. The van der Waals surface area contributed by atoms with E-state index in [2.05, 4.69) is 21.2 Å². The summed E-state index contributed by atoms with van der Waals surface area (Å²) in [4.78, 5) is 12.1. The monoisotopic (exact) mass is 325 g/mol. The maximum Gasteiger partial charge on any atom is 0.287 e. The SMILES string of the molecule is COCC(C)NC(=O)c1oc2ccc(Br)cc2c1C. The minimum absolute atomic E-state index is 0.0585. The first-order valence-corrected chi connectivity index (χ1v) is 6.80. The molecule has 1 aromatic heterocycles. The molecule has 1 heterocycles. The number of ether oxygens (including phenoxy) is 1. The van der Waals surface area contributed by atoms with E-state index in [4.69, 9.17) is 9.15 Å². The topological polar surface area (TPSA) is 51.5 Å². The van der Waals surface area contributed by atoms with Gasteiger partial charge in [-0.2, -0.15) is 0 Å². The molecule has 2 rings (SSSR count). The third-order valence-corrected chi connectivity index (χ3v) is 3.39. The molecule has 2 aromatic rings. The summed E-state index contributed by atoms with van der Waals surface area (Å²) in [7, 11) is 1.60. The van der Waals surface area contributed by atoms with E-state index >= 15 is 0 Å². The number of furan rings is 1. The second-order valence-electron chi connectivity index (χ2n) is 4.53. The lowest BCUT2D eigenvalue weighted by Crippen LogP contribution is -2.35. The third kappa shape index (κ3) is 2.98. The van der Waals surface area contributed by atoms with Crippen molar-refractivity contribution in [3.05, 3.63) is 34.0 Å². The van der Waals surface area contributed by atoms with Crippen molar-refractivity contribution in [1.29, 1.82) is 0 Å². The Morgan fingerprint density at radius 2 is 2.26 bits per heavy atom. The van der Waals surface area contributed by atoms with Gasteiger partial charge in [0.25, 0.3) is 5.91 Å². The summed E-state index contributed by atoms with van der Waals surface area (Å²) in [5.74, 6) is 0.144. The van der Waals surface area contributed by atoms with Crippen LogP contribution in [0.2, 0.25) is 0 Å².